The fraction of sp³-hybridized carbons (Fsp3) is 0.0882. The van der Waals surface area contributed by atoms with Crippen LogP contribution >= 0.6 is 11.6 Å². The van der Waals surface area contributed by atoms with Gasteiger partial charge < -0.3 is 21.7 Å². The number of carbonyl (C=O) groups is 2. The van der Waals surface area contributed by atoms with Gasteiger partial charge in [0.15, 0.2) is 21.4 Å². The zero-order valence-electron chi connectivity index (χ0n) is 28.7. The fourth-order valence-corrected chi connectivity index (χ4v) is 8.72. The standard InChI is InChI=1S/C34H28ClN7O10S3/c1-5-53(45,46)19-12-10-18(11-13-19)37-33-40-32(35)41-34(42-33)39-28-15(2)27(16(3)31(17(28)4)55(50,51)52)38-22-14-23(54(47,48)49)26(36)25-24(22)29(43)20-8-6-7-9-21(20)30(25)44/h5-14,38H,1,36H2,2-4H3,(H,47,48,49)(H,50,51,52)(H2,37,39,40,41,42). The van der Waals surface area contributed by atoms with Crippen LogP contribution in [0.1, 0.15) is 48.5 Å². The van der Waals surface area contributed by atoms with Gasteiger partial charge in [-0.05, 0) is 79.4 Å². The van der Waals surface area contributed by atoms with Crippen LogP contribution in [0.4, 0.5) is 40.3 Å². The van der Waals surface area contributed by atoms with Crippen LogP contribution in [0, 0.1) is 20.8 Å². The number of ketones is 2. The Bertz CT molecular complexity index is 2870. The molecule has 0 saturated heterocycles. The predicted octanol–water partition coefficient (Wildman–Crippen LogP) is 5.45. The maximum atomic E-state index is 13.9. The van der Waals surface area contributed by atoms with Gasteiger partial charge in [-0.3, -0.25) is 18.7 Å². The Kier molecular flexibility index (Phi) is 9.78. The third kappa shape index (κ3) is 7.13. The van der Waals surface area contributed by atoms with Crippen molar-refractivity contribution >= 4 is 93.6 Å². The monoisotopic (exact) mass is 825 g/mol. The normalized spacial score (nSPS) is 12.8. The summed E-state index contributed by atoms with van der Waals surface area (Å²) in [5.74, 6) is -1.88. The molecule has 1 heterocycles. The summed E-state index contributed by atoms with van der Waals surface area (Å²) >= 11 is 6.21. The van der Waals surface area contributed by atoms with Gasteiger partial charge in [0.05, 0.1) is 33.1 Å². The van der Waals surface area contributed by atoms with Crippen LogP contribution in [0.5, 0.6) is 0 Å². The topological polar surface area (TPSA) is 278 Å². The molecule has 0 amide bonds. The van der Waals surface area contributed by atoms with Crippen LogP contribution in [0.25, 0.3) is 0 Å². The van der Waals surface area contributed by atoms with Crippen LogP contribution in [0.2, 0.25) is 5.28 Å². The van der Waals surface area contributed by atoms with Gasteiger partial charge in [0.25, 0.3) is 20.2 Å². The first-order valence-corrected chi connectivity index (χ1v) is 20.4. The minimum absolute atomic E-state index is 0.00000865. The number of nitrogens with two attached hydrogens (primary N) is 1. The van der Waals surface area contributed by atoms with E-state index in [-0.39, 0.29) is 72.5 Å². The summed E-state index contributed by atoms with van der Waals surface area (Å²) in [5.41, 5.74) is 4.52. The van der Waals surface area contributed by atoms with Gasteiger partial charge in [0.1, 0.15) is 9.79 Å². The SMILES string of the molecule is C=CS(=O)(=O)c1ccc(Nc2nc(Cl)nc(Nc3c(C)c(Nc4cc(S(=O)(=O)O)c(N)c5c4C(=O)c4ccccc4C5=O)c(C)c(S(=O)(=O)O)c3C)n2)cc1. The van der Waals surface area contributed by atoms with E-state index in [1.54, 1.807) is 0 Å². The summed E-state index contributed by atoms with van der Waals surface area (Å²) in [5, 5.41) is 9.09. The molecule has 1 aromatic heterocycles. The second-order valence-electron chi connectivity index (χ2n) is 12.1. The van der Waals surface area contributed by atoms with Crippen molar-refractivity contribution in [2.75, 3.05) is 21.7 Å². The van der Waals surface area contributed by atoms with Crippen molar-refractivity contribution in [3.05, 3.63) is 111 Å². The molecule has 0 spiro atoms. The van der Waals surface area contributed by atoms with E-state index in [0.717, 1.165) is 11.5 Å². The van der Waals surface area contributed by atoms with Gasteiger partial charge in [-0.15, -0.1) is 0 Å². The molecule has 4 aromatic carbocycles. The van der Waals surface area contributed by atoms with E-state index in [1.807, 2.05) is 0 Å². The fourth-order valence-electron chi connectivity index (χ4n) is 6.23. The minimum Gasteiger partial charge on any atom is -0.397 e. The lowest BCUT2D eigenvalue weighted by atomic mass is 9.82. The number of fused-ring (bicyclic) bond motifs is 2. The number of benzene rings is 4. The molecule has 0 bridgehead atoms. The maximum absolute atomic E-state index is 13.9. The Hall–Kier alpha value is -5.77. The maximum Gasteiger partial charge on any atom is 0.296 e. The van der Waals surface area contributed by atoms with E-state index >= 15 is 0 Å². The van der Waals surface area contributed by atoms with Crippen LogP contribution < -0.4 is 21.7 Å². The molecule has 7 N–H and O–H groups in total. The number of hydrogen-bond acceptors (Lipinski definition) is 15. The first-order valence-electron chi connectivity index (χ1n) is 15.6. The first kappa shape index (κ1) is 38.9. The molecule has 1 aliphatic carbocycles. The molecule has 0 saturated carbocycles. The van der Waals surface area contributed by atoms with Gasteiger partial charge in [-0.25, -0.2) is 8.42 Å². The first-order chi connectivity index (χ1) is 25.6. The predicted molar refractivity (Wildman–Crippen MR) is 203 cm³/mol. The molecule has 284 valence electrons. The van der Waals surface area contributed by atoms with Crippen LogP contribution in [-0.4, -0.2) is 60.9 Å². The van der Waals surface area contributed by atoms with Gasteiger partial charge in [0, 0.05) is 27.9 Å². The second kappa shape index (κ2) is 13.8. The zero-order valence-corrected chi connectivity index (χ0v) is 31.9. The number of nitrogen functional groups attached to an aromatic ring is 1. The Balaban J connectivity index is 1.49. The van der Waals surface area contributed by atoms with E-state index < -0.39 is 62.7 Å². The largest absolute Gasteiger partial charge is 0.397 e. The van der Waals surface area contributed by atoms with Gasteiger partial charge in [-0.1, -0.05) is 30.8 Å². The van der Waals surface area contributed by atoms with E-state index in [0.29, 0.717) is 5.69 Å². The smallest absolute Gasteiger partial charge is 0.296 e. The van der Waals surface area contributed by atoms with Crippen molar-refractivity contribution in [2.45, 2.75) is 35.5 Å². The summed E-state index contributed by atoms with van der Waals surface area (Å²) in [6.07, 6.45) is 0. The summed E-state index contributed by atoms with van der Waals surface area (Å²) < 4.78 is 95.4. The summed E-state index contributed by atoms with van der Waals surface area (Å²) in [7, 11) is -13.8. The summed E-state index contributed by atoms with van der Waals surface area (Å²) in [4.78, 5) is 38.5. The summed E-state index contributed by atoms with van der Waals surface area (Å²) in [6, 6.07) is 12.1. The van der Waals surface area contributed by atoms with Crippen molar-refractivity contribution in [3.8, 4) is 0 Å². The molecule has 0 atom stereocenters. The quantitative estimate of drug-likeness (QED) is 0.0740. The van der Waals surface area contributed by atoms with Crippen molar-refractivity contribution in [1.82, 2.24) is 15.0 Å². The molecule has 55 heavy (non-hydrogen) atoms. The Morgan fingerprint density at radius 3 is 1.78 bits per heavy atom. The lowest BCUT2D eigenvalue weighted by Gasteiger charge is -2.26. The lowest BCUT2D eigenvalue weighted by molar-refractivity contribution is 0.0980. The van der Waals surface area contributed by atoms with Crippen molar-refractivity contribution in [2.24, 2.45) is 0 Å². The Morgan fingerprint density at radius 2 is 1.25 bits per heavy atom. The molecule has 21 heteroatoms. The number of hydrogen-bond donors (Lipinski definition) is 6. The molecule has 0 aliphatic heterocycles. The average Bonchev–Trinajstić information content (AvgIpc) is 3.10. The number of nitrogens with one attached hydrogen (secondary N) is 3. The molecule has 0 unspecified atom stereocenters. The van der Waals surface area contributed by atoms with Crippen LogP contribution in [0.3, 0.4) is 0 Å². The highest BCUT2D eigenvalue weighted by Crippen LogP contribution is 2.44. The molecule has 17 nitrogen and oxygen atoms in total. The highest BCUT2D eigenvalue weighted by Gasteiger charge is 2.37. The van der Waals surface area contributed by atoms with E-state index in [9.17, 15) is 43.9 Å². The Labute approximate surface area is 319 Å². The number of nitrogens with zero attached hydrogens (tertiary/aromatic N) is 3. The minimum atomic E-state index is -5.10. The second-order valence-corrected chi connectivity index (χ2v) is 17.0. The van der Waals surface area contributed by atoms with Crippen LogP contribution in [-0.2, 0) is 30.1 Å². The molecule has 5 aromatic rings. The average molecular weight is 826 g/mol. The lowest BCUT2D eigenvalue weighted by Crippen LogP contribution is -2.25. The van der Waals surface area contributed by atoms with Crippen molar-refractivity contribution in [3.63, 3.8) is 0 Å². The molecule has 1 aliphatic rings. The third-order valence-corrected chi connectivity index (χ3v) is 12.2. The Morgan fingerprint density at radius 1 is 0.727 bits per heavy atom. The highest BCUT2D eigenvalue weighted by molar-refractivity contribution is 7.94. The number of carbonyl (C=O) groups excluding carboxylic acids is 2. The zero-order chi connectivity index (χ0) is 40.4. The van der Waals surface area contributed by atoms with Gasteiger partial charge >= 0.3 is 0 Å². The highest BCUT2D eigenvalue weighted by atomic mass is 35.5. The van der Waals surface area contributed by atoms with Crippen molar-refractivity contribution < 1.29 is 43.9 Å². The van der Waals surface area contributed by atoms with Gasteiger partial charge in [0.2, 0.25) is 17.2 Å². The summed E-state index contributed by atoms with van der Waals surface area (Å²) in [6.45, 7) is 7.51. The van der Waals surface area contributed by atoms with Crippen molar-refractivity contribution in [1.29, 1.82) is 0 Å². The van der Waals surface area contributed by atoms with Crippen LogP contribution in [0.15, 0.2) is 81.3 Å². The third-order valence-electron chi connectivity index (χ3n) is 8.68. The number of sulfone groups is 1. The number of halogens is 1. The molecular weight excluding hydrogens is 798 g/mol. The van der Waals surface area contributed by atoms with E-state index in [2.05, 4.69) is 37.5 Å². The van der Waals surface area contributed by atoms with Gasteiger partial charge in [-0.2, -0.15) is 31.8 Å². The molecular formula is C34H28ClN7O10S3. The number of rotatable bonds is 10. The molecule has 0 radical (unpaired) electrons. The van der Waals surface area contributed by atoms with E-state index in [1.165, 1.54) is 69.3 Å². The molecule has 0 fully saturated rings. The number of anilines is 7. The van der Waals surface area contributed by atoms with E-state index in [4.69, 9.17) is 17.3 Å². The molecule has 6 rings (SSSR count). The number of aromatic nitrogens is 3.